The first-order valence-corrected chi connectivity index (χ1v) is 6.96. The van der Waals surface area contributed by atoms with Crippen molar-refractivity contribution >= 4 is 11.7 Å². The van der Waals surface area contributed by atoms with E-state index in [1.54, 1.807) is 31.3 Å². The molecular formula is C16H20N2O3. The van der Waals surface area contributed by atoms with Crippen molar-refractivity contribution < 1.29 is 14.6 Å². The molecule has 1 aliphatic carbocycles. The smallest absolute Gasteiger partial charge is 0.321 e. The molecule has 0 heterocycles. The highest BCUT2D eigenvalue weighted by Gasteiger charge is 2.31. The Balaban J connectivity index is 1.82. The number of terminal acetylenes is 1. The van der Waals surface area contributed by atoms with Crippen LogP contribution in [0.3, 0.4) is 0 Å². The van der Waals surface area contributed by atoms with Gasteiger partial charge in [-0.25, -0.2) is 4.79 Å². The minimum Gasteiger partial charge on any atom is -0.481 e. The molecule has 0 aliphatic heterocycles. The molecule has 2 rings (SSSR count). The van der Waals surface area contributed by atoms with Gasteiger partial charge in [-0.2, -0.15) is 0 Å². The lowest BCUT2D eigenvalue weighted by atomic mass is 10.2. The fraction of sp³-hybridized carbons (Fsp3) is 0.438. The van der Waals surface area contributed by atoms with Gasteiger partial charge in [0.25, 0.3) is 0 Å². The Hall–Kier alpha value is -2.19. The van der Waals surface area contributed by atoms with Crippen molar-refractivity contribution in [3.63, 3.8) is 0 Å². The van der Waals surface area contributed by atoms with Gasteiger partial charge < -0.3 is 20.1 Å². The number of urea groups is 1. The van der Waals surface area contributed by atoms with Crippen LogP contribution in [0.5, 0.6) is 5.75 Å². The topological polar surface area (TPSA) is 61.8 Å². The minimum atomic E-state index is -0.430. The van der Waals surface area contributed by atoms with Crippen molar-refractivity contribution in [2.24, 2.45) is 5.92 Å². The van der Waals surface area contributed by atoms with E-state index in [0.29, 0.717) is 23.9 Å². The summed E-state index contributed by atoms with van der Waals surface area (Å²) in [4.78, 5) is 13.5. The van der Waals surface area contributed by atoms with Gasteiger partial charge >= 0.3 is 6.03 Å². The first-order valence-electron chi connectivity index (χ1n) is 6.96. The molecule has 0 aromatic heterocycles. The molecule has 1 aromatic carbocycles. The molecule has 2 amide bonds. The Morgan fingerprint density at radius 3 is 2.76 bits per heavy atom. The van der Waals surface area contributed by atoms with Crippen molar-refractivity contribution in [3.8, 4) is 18.1 Å². The highest BCUT2D eigenvalue weighted by atomic mass is 16.5. The number of carbonyl (C=O) groups is 1. The lowest BCUT2D eigenvalue weighted by Gasteiger charge is -2.21. The van der Waals surface area contributed by atoms with Crippen LogP contribution in [0.1, 0.15) is 12.8 Å². The van der Waals surface area contributed by atoms with Crippen molar-refractivity contribution in [2.75, 3.05) is 25.5 Å². The number of aliphatic hydroxyl groups is 1. The van der Waals surface area contributed by atoms with Crippen LogP contribution in [0.2, 0.25) is 0 Å². The maximum Gasteiger partial charge on any atom is 0.321 e. The quantitative estimate of drug-likeness (QED) is 0.786. The maximum atomic E-state index is 12.0. The summed E-state index contributed by atoms with van der Waals surface area (Å²) >= 11 is 0. The number of hydrogen-bond donors (Lipinski definition) is 2. The van der Waals surface area contributed by atoms with Gasteiger partial charge in [-0.05, 0) is 43.0 Å². The van der Waals surface area contributed by atoms with Gasteiger partial charge in [0.05, 0.1) is 6.10 Å². The summed E-state index contributed by atoms with van der Waals surface area (Å²) in [6.07, 6.45) is 6.79. The molecule has 112 valence electrons. The normalized spacial score (nSPS) is 14.9. The number of rotatable bonds is 6. The molecule has 2 N–H and O–H groups in total. The van der Waals surface area contributed by atoms with Crippen molar-refractivity contribution in [3.05, 3.63) is 24.3 Å². The number of aliphatic hydroxyl groups excluding tert-OH is 1. The van der Waals surface area contributed by atoms with E-state index in [-0.39, 0.29) is 12.6 Å². The molecule has 1 atom stereocenters. The number of likely N-dealkylation sites (N-methyl/N-ethyl adjacent to an activating group) is 1. The summed E-state index contributed by atoms with van der Waals surface area (Å²) in [6.45, 7) is 0.563. The summed E-state index contributed by atoms with van der Waals surface area (Å²) in [6, 6.07) is 6.73. The fourth-order valence-corrected chi connectivity index (χ4v) is 1.97. The lowest BCUT2D eigenvalue weighted by Crippen LogP contribution is -2.37. The van der Waals surface area contributed by atoms with Gasteiger partial charge in [0.2, 0.25) is 0 Å². The molecule has 5 heteroatoms. The van der Waals surface area contributed by atoms with Crippen LogP contribution in [-0.2, 0) is 0 Å². The van der Waals surface area contributed by atoms with Gasteiger partial charge in [0.1, 0.15) is 12.4 Å². The minimum absolute atomic E-state index is 0.216. The molecule has 1 fully saturated rings. The largest absolute Gasteiger partial charge is 0.481 e. The van der Waals surface area contributed by atoms with E-state index in [1.807, 2.05) is 0 Å². The zero-order valence-corrected chi connectivity index (χ0v) is 12.1. The predicted molar refractivity (Wildman–Crippen MR) is 81.1 cm³/mol. The first kappa shape index (κ1) is 15.2. The van der Waals surface area contributed by atoms with Gasteiger partial charge in [-0.1, -0.05) is 5.92 Å². The van der Waals surface area contributed by atoms with Crippen LogP contribution < -0.4 is 10.1 Å². The fourth-order valence-electron chi connectivity index (χ4n) is 1.97. The summed E-state index contributed by atoms with van der Waals surface area (Å²) in [5, 5.41) is 12.6. The molecule has 0 unspecified atom stereocenters. The third-order valence-electron chi connectivity index (χ3n) is 3.40. The average molecular weight is 288 g/mol. The van der Waals surface area contributed by atoms with Crippen LogP contribution in [-0.4, -0.2) is 42.3 Å². The van der Waals surface area contributed by atoms with Crippen LogP contribution in [0, 0.1) is 18.3 Å². The number of ether oxygens (including phenoxy) is 1. The zero-order valence-electron chi connectivity index (χ0n) is 12.1. The Bertz CT molecular complexity index is 517. The van der Waals surface area contributed by atoms with Gasteiger partial charge in [-0.15, -0.1) is 6.42 Å². The third kappa shape index (κ3) is 4.69. The number of hydrogen-bond acceptors (Lipinski definition) is 3. The standard InChI is InChI=1S/C16H20N2O3/c1-3-10-21-14-8-6-13(7-9-14)17-16(20)18(2)11-15(19)12-4-5-12/h1,6-9,12,15,19H,4-5,10-11H2,2H3,(H,17,20)/t15-/m0/s1. The van der Waals surface area contributed by atoms with Gasteiger partial charge in [-0.3, -0.25) is 0 Å². The second-order valence-electron chi connectivity index (χ2n) is 5.23. The third-order valence-corrected chi connectivity index (χ3v) is 3.40. The molecule has 5 nitrogen and oxygen atoms in total. The number of anilines is 1. The van der Waals surface area contributed by atoms with Crippen LogP contribution in [0.15, 0.2) is 24.3 Å². The highest BCUT2D eigenvalue weighted by molar-refractivity contribution is 5.89. The first-order chi connectivity index (χ1) is 10.1. The van der Waals surface area contributed by atoms with Crippen molar-refractivity contribution in [1.29, 1.82) is 0 Å². The SMILES string of the molecule is C#CCOc1ccc(NC(=O)N(C)C[C@H](O)C2CC2)cc1. The van der Waals surface area contributed by atoms with E-state index in [1.165, 1.54) is 4.90 Å². The van der Waals surface area contributed by atoms with Crippen LogP contribution >= 0.6 is 0 Å². The highest BCUT2D eigenvalue weighted by Crippen LogP contribution is 2.32. The zero-order chi connectivity index (χ0) is 15.2. The molecule has 1 aromatic rings. The average Bonchev–Trinajstić information content (AvgIpc) is 3.31. The molecule has 21 heavy (non-hydrogen) atoms. The van der Waals surface area contributed by atoms with E-state index in [4.69, 9.17) is 11.2 Å². The van der Waals surface area contributed by atoms with E-state index < -0.39 is 6.10 Å². The van der Waals surface area contributed by atoms with Crippen LogP contribution in [0.4, 0.5) is 10.5 Å². The molecule has 0 spiro atoms. The summed E-state index contributed by atoms with van der Waals surface area (Å²) in [5.74, 6) is 3.40. The Morgan fingerprint density at radius 2 is 2.19 bits per heavy atom. The number of amides is 2. The van der Waals surface area contributed by atoms with Crippen LogP contribution in [0.25, 0.3) is 0 Å². The van der Waals surface area contributed by atoms with E-state index in [2.05, 4.69) is 11.2 Å². The van der Waals surface area contributed by atoms with E-state index in [0.717, 1.165) is 12.8 Å². The van der Waals surface area contributed by atoms with E-state index in [9.17, 15) is 9.90 Å². The van der Waals surface area contributed by atoms with Gasteiger partial charge in [0.15, 0.2) is 0 Å². The van der Waals surface area contributed by atoms with Crippen molar-refractivity contribution in [1.82, 2.24) is 4.90 Å². The molecule has 0 radical (unpaired) electrons. The number of nitrogens with zero attached hydrogens (tertiary/aromatic N) is 1. The molecular weight excluding hydrogens is 268 g/mol. The number of benzene rings is 1. The second-order valence-corrected chi connectivity index (χ2v) is 5.23. The molecule has 1 aliphatic rings. The molecule has 1 saturated carbocycles. The Kier molecular flexibility index (Phi) is 5.07. The second kappa shape index (κ2) is 7.00. The summed E-state index contributed by atoms with van der Waals surface area (Å²) in [5.41, 5.74) is 0.667. The van der Waals surface area contributed by atoms with Crippen molar-refractivity contribution in [2.45, 2.75) is 18.9 Å². The Morgan fingerprint density at radius 1 is 1.52 bits per heavy atom. The molecule has 0 bridgehead atoms. The van der Waals surface area contributed by atoms with Gasteiger partial charge in [0, 0.05) is 19.3 Å². The Labute approximate surface area is 124 Å². The summed E-state index contributed by atoms with van der Waals surface area (Å²) < 4.78 is 5.26. The number of nitrogens with one attached hydrogen (secondary N) is 1. The lowest BCUT2D eigenvalue weighted by molar-refractivity contribution is 0.117. The monoisotopic (exact) mass is 288 g/mol. The number of carbonyl (C=O) groups excluding carboxylic acids is 1. The maximum absolute atomic E-state index is 12.0. The van der Waals surface area contributed by atoms with E-state index >= 15 is 0 Å². The summed E-state index contributed by atoms with van der Waals surface area (Å²) in [7, 11) is 1.67. The molecule has 0 saturated heterocycles. The predicted octanol–water partition coefficient (Wildman–Crippen LogP) is 1.93.